The average Bonchev–Trinajstić information content (AvgIpc) is 3.09. The highest BCUT2D eigenvalue weighted by molar-refractivity contribution is 7.15. The molecule has 3 aromatic heterocycles. The zero-order chi connectivity index (χ0) is 12.9. The van der Waals surface area contributed by atoms with Gasteiger partial charge in [0.25, 0.3) is 0 Å². The van der Waals surface area contributed by atoms with Crippen LogP contribution >= 0.6 is 11.3 Å². The quantitative estimate of drug-likeness (QED) is 0.672. The standard InChI is InChI=1S/C13H17N5S/c1(2-5-17-6-4-15-11-17)3-14-9-12-10-18-7-8-19-13(18)16-12/h4,6-8,10-11,14H,1-3,5,9H2. The molecule has 0 spiro atoms. The van der Waals surface area contributed by atoms with Gasteiger partial charge in [0.1, 0.15) is 0 Å². The number of unbranched alkanes of at least 4 members (excludes halogenated alkanes) is 1. The van der Waals surface area contributed by atoms with Crippen LogP contribution in [0.1, 0.15) is 18.5 Å². The topological polar surface area (TPSA) is 47.2 Å². The van der Waals surface area contributed by atoms with Gasteiger partial charge in [-0.2, -0.15) is 0 Å². The van der Waals surface area contributed by atoms with Crippen LogP contribution in [-0.2, 0) is 13.1 Å². The average molecular weight is 275 g/mol. The van der Waals surface area contributed by atoms with E-state index in [1.165, 1.54) is 12.8 Å². The number of aryl methyl sites for hydroxylation is 1. The van der Waals surface area contributed by atoms with Crippen LogP contribution in [0.2, 0.25) is 0 Å². The fourth-order valence-electron chi connectivity index (χ4n) is 2.04. The summed E-state index contributed by atoms with van der Waals surface area (Å²) in [5.41, 5.74) is 1.11. The summed E-state index contributed by atoms with van der Waals surface area (Å²) in [5.74, 6) is 0. The molecule has 1 N–H and O–H groups in total. The number of imidazole rings is 2. The third-order valence-corrected chi connectivity index (χ3v) is 3.80. The van der Waals surface area contributed by atoms with E-state index in [9.17, 15) is 0 Å². The van der Waals surface area contributed by atoms with Gasteiger partial charge in [0.2, 0.25) is 0 Å². The molecule has 0 aliphatic heterocycles. The second kappa shape index (κ2) is 5.99. The van der Waals surface area contributed by atoms with Crippen molar-refractivity contribution in [3.63, 3.8) is 0 Å². The van der Waals surface area contributed by atoms with Gasteiger partial charge in [-0.25, -0.2) is 9.97 Å². The van der Waals surface area contributed by atoms with Crippen LogP contribution in [-0.4, -0.2) is 25.5 Å². The molecule has 19 heavy (non-hydrogen) atoms. The zero-order valence-corrected chi connectivity index (χ0v) is 11.5. The van der Waals surface area contributed by atoms with Crippen LogP contribution in [0.4, 0.5) is 0 Å². The second-order valence-corrected chi connectivity index (χ2v) is 5.38. The molecule has 0 aromatic carbocycles. The Labute approximate surface area is 115 Å². The number of thiazole rings is 1. The molecule has 3 aromatic rings. The minimum Gasteiger partial charge on any atom is -0.337 e. The van der Waals surface area contributed by atoms with Crippen molar-refractivity contribution >= 4 is 16.3 Å². The molecule has 0 amide bonds. The highest BCUT2D eigenvalue weighted by atomic mass is 32.1. The van der Waals surface area contributed by atoms with Gasteiger partial charge in [-0.3, -0.25) is 4.40 Å². The number of nitrogens with zero attached hydrogens (tertiary/aromatic N) is 4. The van der Waals surface area contributed by atoms with Crippen LogP contribution in [0, 0.1) is 0 Å². The number of fused-ring (bicyclic) bond motifs is 1. The summed E-state index contributed by atoms with van der Waals surface area (Å²) in [4.78, 5) is 9.63. The lowest BCUT2D eigenvalue weighted by Gasteiger charge is -2.03. The number of hydrogen-bond acceptors (Lipinski definition) is 4. The Hall–Kier alpha value is -1.66. The molecule has 0 radical (unpaired) electrons. The smallest absolute Gasteiger partial charge is 0.193 e. The summed E-state index contributed by atoms with van der Waals surface area (Å²) >= 11 is 1.67. The molecule has 0 unspecified atom stereocenters. The first-order chi connectivity index (χ1) is 9.42. The molecular weight excluding hydrogens is 258 g/mol. The summed E-state index contributed by atoms with van der Waals surface area (Å²) < 4.78 is 4.18. The van der Waals surface area contributed by atoms with Gasteiger partial charge in [0, 0.05) is 43.3 Å². The maximum absolute atomic E-state index is 4.54. The first-order valence-corrected chi connectivity index (χ1v) is 7.37. The Morgan fingerprint density at radius 1 is 1.26 bits per heavy atom. The van der Waals surface area contributed by atoms with Gasteiger partial charge in [-0.1, -0.05) is 0 Å². The van der Waals surface area contributed by atoms with Crippen LogP contribution in [0.3, 0.4) is 0 Å². The predicted octanol–water partition coefficient (Wildman–Crippen LogP) is 2.16. The molecule has 0 atom stereocenters. The van der Waals surface area contributed by atoms with E-state index in [1.807, 2.05) is 24.9 Å². The maximum atomic E-state index is 4.54. The van der Waals surface area contributed by atoms with E-state index in [1.54, 1.807) is 11.3 Å². The summed E-state index contributed by atoms with van der Waals surface area (Å²) in [6.45, 7) is 2.92. The summed E-state index contributed by atoms with van der Waals surface area (Å²) in [6, 6.07) is 0. The third kappa shape index (κ3) is 3.21. The van der Waals surface area contributed by atoms with E-state index < -0.39 is 0 Å². The molecular formula is C13H17N5S. The minimum absolute atomic E-state index is 0.847. The molecule has 5 nitrogen and oxygen atoms in total. The van der Waals surface area contributed by atoms with Crippen molar-refractivity contribution < 1.29 is 0 Å². The number of aromatic nitrogens is 4. The number of hydrogen-bond donors (Lipinski definition) is 1. The zero-order valence-electron chi connectivity index (χ0n) is 10.7. The molecule has 0 bridgehead atoms. The molecule has 0 aliphatic carbocycles. The van der Waals surface area contributed by atoms with Gasteiger partial charge in [-0.15, -0.1) is 11.3 Å². The number of rotatable bonds is 7. The van der Waals surface area contributed by atoms with Gasteiger partial charge >= 0.3 is 0 Å². The molecule has 6 heteroatoms. The van der Waals surface area contributed by atoms with Crippen molar-refractivity contribution in [2.24, 2.45) is 0 Å². The van der Waals surface area contributed by atoms with Crippen molar-refractivity contribution in [1.29, 1.82) is 0 Å². The van der Waals surface area contributed by atoms with Gasteiger partial charge in [0.05, 0.1) is 12.0 Å². The Morgan fingerprint density at radius 3 is 3.11 bits per heavy atom. The van der Waals surface area contributed by atoms with Crippen LogP contribution in [0.15, 0.2) is 36.5 Å². The van der Waals surface area contributed by atoms with Crippen molar-refractivity contribution in [3.8, 4) is 0 Å². The maximum Gasteiger partial charge on any atom is 0.193 e. The van der Waals surface area contributed by atoms with Crippen LogP contribution in [0.25, 0.3) is 4.96 Å². The molecule has 3 heterocycles. The highest BCUT2D eigenvalue weighted by Crippen LogP contribution is 2.10. The molecule has 0 saturated carbocycles. The lowest BCUT2D eigenvalue weighted by atomic mass is 10.3. The molecule has 0 fully saturated rings. The first-order valence-electron chi connectivity index (χ1n) is 6.49. The van der Waals surface area contributed by atoms with E-state index in [0.29, 0.717) is 0 Å². The van der Waals surface area contributed by atoms with E-state index in [2.05, 4.69) is 35.8 Å². The van der Waals surface area contributed by atoms with E-state index >= 15 is 0 Å². The van der Waals surface area contributed by atoms with Crippen molar-refractivity contribution in [2.75, 3.05) is 6.54 Å². The lowest BCUT2D eigenvalue weighted by molar-refractivity contribution is 0.566. The molecule has 0 saturated heterocycles. The normalized spacial score (nSPS) is 11.4. The van der Waals surface area contributed by atoms with Crippen molar-refractivity contribution in [1.82, 2.24) is 24.3 Å². The second-order valence-electron chi connectivity index (χ2n) is 4.51. The fourth-order valence-corrected chi connectivity index (χ4v) is 2.76. The van der Waals surface area contributed by atoms with Crippen LogP contribution in [0.5, 0.6) is 0 Å². The molecule has 0 aliphatic rings. The summed E-state index contributed by atoms with van der Waals surface area (Å²) in [5, 5.41) is 5.49. The Bertz CT molecular complexity index is 581. The van der Waals surface area contributed by atoms with Crippen molar-refractivity contribution in [3.05, 3.63) is 42.2 Å². The largest absolute Gasteiger partial charge is 0.337 e. The minimum atomic E-state index is 0.847. The Morgan fingerprint density at radius 2 is 2.26 bits per heavy atom. The highest BCUT2D eigenvalue weighted by Gasteiger charge is 2.01. The van der Waals surface area contributed by atoms with Crippen LogP contribution < -0.4 is 5.32 Å². The van der Waals surface area contributed by atoms with Crippen molar-refractivity contribution in [2.45, 2.75) is 25.9 Å². The van der Waals surface area contributed by atoms with Gasteiger partial charge in [-0.05, 0) is 19.4 Å². The molecule has 100 valence electrons. The summed E-state index contributed by atoms with van der Waals surface area (Å²) in [7, 11) is 0. The Balaban J connectivity index is 1.33. The third-order valence-electron chi connectivity index (χ3n) is 3.03. The lowest BCUT2D eigenvalue weighted by Crippen LogP contribution is -2.15. The predicted molar refractivity (Wildman–Crippen MR) is 76.2 cm³/mol. The monoisotopic (exact) mass is 275 g/mol. The SMILES string of the molecule is c1cn(CCCCNCc2cn3ccsc3n2)cn1. The summed E-state index contributed by atoms with van der Waals surface area (Å²) in [6.07, 6.45) is 12.2. The van der Waals surface area contributed by atoms with Gasteiger partial charge < -0.3 is 9.88 Å². The molecule has 3 rings (SSSR count). The first kappa shape index (κ1) is 12.4. The number of nitrogens with one attached hydrogen (secondary N) is 1. The van der Waals surface area contributed by atoms with E-state index in [-0.39, 0.29) is 0 Å². The van der Waals surface area contributed by atoms with E-state index in [0.717, 1.165) is 30.3 Å². The van der Waals surface area contributed by atoms with E-state index in [4.69, 9.17) is 0 Å². The Kier molecular flexibility index (Phi) is 3.90. The fraction of sp³-hybridized carbons (Fsp3) is 0.385. The van der Waals surface area contributed by atoms with Gasteiger partial charge in [0.15, 0.2) is 4.96 Å².